The molecule has 3 heterocycles. The molecule has 0 spiro atoms. The first-order valence-corrected chi connectivity index (χ1v) is 10.5. The Morgan fingerprint density at radius 1 is 1.29 bits per heavy atom. The largest absolute Gasteiger partial charge is 0.361 e. The fourth-order valence-electron chi connectivity index (χ4n) is 3.83. The van der Waals surface area contributed by atoms with Crippen LogP contribution in [-0.4, -0.2) is 68.0 Å². The Balaban J connectivity index is 1.48. The summed E-state index contributed by atoms with van der Waals surface area (Å²) >= 11 is 7.79. The zero-order valence-corrected chi connectivity index (χ0v) is 17.2. The molecule has 2 aromatic rings. The van der Waals surface area contributed by atoms with E-state index >= 15 is 0 Å². The van der Waals surface area contributed by atoms with Gasteiger partial charge in [0.25, 0.3) is 0 Å². The molecule has 2 aliphatic heterocycles. The van der Waals surface area contributed by atoms with E-state index < -0.39 is 0 Å². The van der Waals surface area contributed by atoms with Crippen molar-refractivity contribution in [2.24, 2.45) is 0 Å². The number of benzene rings is 1. The molecule has 1 aromatic heterocycles. The number of hydrogen-bond acceptors (Lipinski definition) is 6. The molecule has 2 amide bonds. The number of nitrogens with one attached hydrogen (secondary N) is 1. The lowest BCUT2D eigenvalue weighted by Gasteiger charge is -2.36. The third-order valence-electron chi connectivity index (χ3n) is 5.30. The highest BCUT2D eigenvalue weighted by atomic mass is 35.5. The molecule has 0 radical (unpaired) electrons. The number of nitrogens with zero attached hydrogens (tertiary/aromatic N) is 4. The molecule has 0 aliphatic carbocycles. The summed E-state index contributed by atoms with van der Waals surface area (Å²) in [6.45, 7) is 3.61. The third kappa shape index (κ3) is 3.66. The number of likely N-dealkylation sites (N-methyl/N-ethyl adjacent to an activating group) is 1. The van der Waals surface area contributed by atoms with Gasteiger partial charge in [-0.2, -0.15) is 0 Å². The summed E-state index contributed by atoms with van der Waals surface area (Å²) in [6, 6.07) is 5.56. The molecule has 1 aromatic carbocycles. The van der Waals surface area contributed by atoms with Crippen molar-refractivity contribution in [3.8, 4) is 0 Å². The molecule has 1 saturated heterocycles. The summed E-state index contributed by atoms with van der Waals surface area (Å²) in [5.74, 6) is -0.249. The van der Waals surface area contributed by atoms with Crippen molar-refractivity contribution in [2.75, 3.05) is 56.1 Å². The molecule has 0 saturated carbocycles. The topological polar surface area (TPSA) is 68.8 Å². The van der Waals surface area contributed by atoms with E-state index in [2.05, 4.69) is 15.2 Å². The number of piperazine rings is 1. The van der Waals surface area contributed by atoms with E-state index in [1.807, 2.05) is 33.4 Å². The lowest BCUT2D eigenvalue weighted by atomic mass is 9.99. The fraction of sp³-hybridized carbons (Fsp3) is 0.421. The Hall–Kier alpha value is -2.32. The molecule has 28 heavy (non-hydrogen) atoms. The third-order valence-corrected chi connectivity index (χ3v) is 6.37. The summed E-state index contributed by atoms with van der Waals surface area (Å²) in [6.07, 6.45) is 1.80. The van der Waals surface area contributed by atoms with Crippen molar-refractivity contribution in [3.63, 3.8) is 0 Å². The number of anilines is 2. The van der Waals surface area contributed by atoms with Gasteiger partial charge in [0.2, 0.25) is 11.8 Å². The maximum absolute atomic E-state index is 13.3. The number of thiazole rings is 1. The maximum Gasteiger partial charge on any atom is 0.239 e. The van der Waals surface area contributed by atoms with Gasteiger partial charge in [-0.1, -0.05) is 17.7 Å². The Labute approximate surface area is 172 Å². The van der Waals surface area contributed by atoms with Crippen LogP contribution in [0.5, 0.6) is 0 Å². The number of hydrogen-bond donors (Lipinski definition) is 1. The van der Waals surface area contributed by atoms with Gasteiger partial charge in [-0.3, -0.25) is 9.59 Å². The molecule has 1 N–H and O–H groups in total. The number of rotatable bonds is 4. The van der Waals surface area contributed by atoms with Crippen LogP contribution in [0.15, 0.2) is 29.8 Å². The lowest BCUT2D eigenvalue weighted by Crippen LogP contribution is -2.50. The number of carbonyl (C=O) groups is 2. The van der Waals surface area contributed by atoms with E-state index in [1.54, 1.807) is 24.6 Å². The molecule has 1 unspecified atom stereocenters. The summed E-state index contributed by atoms with van der Waals surface area (Å²) in [4.78, 5) is 35.6. The van der Waals surface area contributed by atoms with Crippen molar-refractivity contribution < 1.29 is 9.59 Å². The van der Waals surface area contributed by atoms with Crippen LogP contribution in [0, 0.1) is 0 Å². The summed E-state index contributed by atoms with van der Waals surface area (Å²) < 4.78 is 0. The molecular weight excluding hydrogens is 398 g/mol. The minimum absolute atomic E-state index is 0.0870. The van der Waals surface area contributed by atoms with Crippen LogP contribution >= 0.6 is 22.9 Å². The second kappa shape index (κ2) is 7.97. The molecule has 7 nitrogen and oxygen atoms in total. The molecule has 1 atom stereocenters. The monoisotopic (exact) mass is 419 g/mol. The zero-order valence-electron chi connectivity index (χ0n) is 15.6. The first kappa shape index (κ1) is 19.0. The van der Waals surface area contributed by atoms with E-state index in [0.29, 0.717) is 24.7 Å². The standard InChI is InChI=1S/C19H22ClN5O2S/c1-21-17(26)12-25-11-15(14-3-2-13(20)10-16(14)25)18(27)23-5-7-24(8-6-23)19-22-4-9-28-19/h2-4,9-10,15H,5-8,11-12H2,1H3,(H,21,26). The van der Waals surface area contributed by atoms with Gasteiger partial charge in [-0.25, -0.2) is 4.98 Å². The van der Waals surface area contributed by atoms with Crippen molar-refractivity contribution in [3.05, 3.63) is 40.4 Å². The first-order valence-electron chi connectivity index (χ1n) is 9.25. The summed E-state index contributed by atoms with van der Waals surface area (Å²) in [5.41, 5.74) is 1.82. The molecule has 9 heteroatoms. The highest BCUT2D eigenvalue weighted by Crippen LogP contribution is 2.39. The Bertz CT molecular complexity index is 867. The van der Waals surface area contributed by atoms with Crippen molar-refractivity contribution in [2.45, 2.75) is 5.92 Å². The van der Waals surface area contributed by atoms with Gasteiger partial charge < -0.3 is 20.0 Å². The van der Waals surface area contributed by atoms with Crippen molar-refractivity contribution >= 4 is 45.6 Å². The van der Waals surface area contributed by atoms with Crippen LogP contribution in [0.2, 0.25) is 5.02 Å². The molecule has 4 rings (SSSR count). The predicted molar refractivity (Wildman–Crippen MR) is 111 cm³/mol. The van der Waals surface area contributed by atoms with Gasteiger partial charge in [0, 0.05) is 62.1 Å². The normalized spacial score (nSPS) is 18.9. The average Bonchev–Trinajstić information content (AvgIpc) is 3.36. The van der Waals surface area contributed by atoms with Gasteiger partial charge in [0.05, 0.1) is 12.5 Å². The molecule has 1 fully saturated rings. The quantitative estimate of drug-likeness (QED) is 0.818. The predicted octanol–water partition coefficient (Wildman–Crippen LogP) is 1.79. The van der Waals surface area contributed by atoms with Crippen LogP contribution in [0.25, 0.3) is 0 Å². The van der Waals surface area contributed by atoms with Gasteiger partial charge in [0.1, 0.15) is 0 Å². The van der Waals surface area contributed by atoms with Crippen molar-refractivity contribution in [1.82, 2.24) is 15.2 Å². The van der Waals surface area contributed by atoms with Crippen molar-refractivity contribution in [1.29, 1.82) is 0 Å². The van der Waals surface area contributed by atoms with Crippen LogP contribution in [0.3, 0.4) is 0 Å². The fourth-order valence-corrected chi connectivity index (χ4v) is 4.69. The molecule has 2 aliphatic rings. The van der Waals surface area contributed by atoms with Gasteiger partial charge in [-0.05, 0) is 17.7 Å². The smallest absolute Gasteiger partial charge is 0.239 e. The van der Waals surface area contributed by atoms with Crippen LogP contribution in [0.1, 0.15) is 11.5 Å². The average molecular weight is 420 g/mol. The second-order valence-electron chi connectivity index (χ2n) is 6.94. The maximum atomic E-state index is 13.3. The Morgan fingerprint density at radius 3 is 2.75 bits per heavy atom. The number of amides is 2. The molecule has 148 valence electrons. The molecule has 0 bridgehead atoms. The Kier molecular flexibility index (Phi) is 5.41. The summed E-state index contributed by atoms with van der Waals surface area (Å²) in [5, 5.41) is 6.22. The number of fused-ring (bicyclic) bond motifs is 1. The SMILES string of the molecule is CNC(=O)CN1CC(C(=O)N2CCN(c3nccs3)CC2)c2ccc(Cl)cc21. The van der Waals surface area contributed by atoms with E-state index in [0.717, 1.165) is 29.5 Å². The van der Waals surface area contributed by atoms with E-state index in [-0.39, 0.29) is 24.3 Å². The number of halogens is 1. The second-order valence-corrected chi connectivity index (χ2v) is 8.25. The Morgan fingerprint density at radius 2 is 2.07 bits per heavy atom. The molecular formula is C19H22ClN5O2S. The van der Waals surface area contributed by atoms with Gasteiger partial charge >= 0.3 is 0 Å². The first-order chi connectivity index (χ1) is 13.6. The number of aromatic nitrogens is 1. The minimum atomic E-state index is -0.275. The van der Waals surface area contributed by atoms with E-state index in [4.69, 9.17) is 11.6 Å². The lowest BCUT2D eigenvalue weighted by molar-refractivity contribution is -0.132. The van der Waals surface area contributed by atoms with Crippen LogP contribution in [-0.2, 0) is 9.59 Å². The van der Waals surface area contributed by atoms with Gasteiger partial charge in [0.15, 0.2) is 5.13 Å². The highest BCUT2D eigenvalue weighted by molar-refractivity contribution is 7.13. The highest BCUT2D eigenvalue weighted by Gasteiger charge is 2.37. The minimum Gasteiger partial charge on any atom is -0.361 e. The van der Waals surface area contributed by atoms with E-state index in [1.165, 1.54) is 0 Å². The van der Waals surface area contributed by atoms with Gasteiger partial charge in [-0.15, -0.1) is 11.3 Å². The van der Waals surface area contributed by atoms with Crippen LogP contribution < -0.4 is 15.1 Å². The van der Waals surface area contributed by atoms with E-state index in [9.17, 15) is 9.59 Å². The zero-order chi connectivity index (χ0) is 19.7. The van der Waals surface area contributed by atoms with Crippen LogP contribution in [0.4, 0.5) is 10.8 Å². The summed E-state index contributed by atoms with van der Waals surface area (Å²) in [7, 11) is 1.61. The number of carbonyl (C=O) groups excluding carboxylic acids is 2.